The van der Waals surface area contributed by atoms with Crippen LogP contribution in [0.1, 0.15) is 5.56 Å². The third kappa shape index (κ3) is 2.72. The lowest BCUT2D eigenvalue weighted by atomic mass is 10.2. The minimum atomic E-state index is 0. The molecule has 0 aliphatic rings. The summed E-state index contributed by atoms with van der Waals surface area (Å²) in [4.78, 5) is 2.07. The largest absolute Gasteiger partial charge is 1.00 e. The van der Waals surface area contributed by atoms with Crippen LogP contribution in [-0.4, -0.2) is 14.1 Å². The molecule has 11 heavy (non-hydrogen) atoms. The Morgan fingerprint density at radius 1 is 1.09 bits per heavy atom. The second-order valence-electron chi connectivity index (χ2n) is 2.56. The fourth-order valence-corrected chi connectivity index (χ4v) is 0.794. The van der Waals surface area contributed by atoms with Crippen molar-refractivity contribution in [3.8, 4) is 0 Å². The van der Waals surface area contributed by atoms with Crippen LogP contribution in [0.15, 0.2) is 24.3 Å². The molecule has 1 aromatic rings. The van der Waals surface area contributed by atoms with Crippen LogP contribution in [0.5, 0.6) is 0 Å². The van der Waals surface area contributed by atoms with Crippen LogP contribution in [0.4, 0.5) is 5.69 Å². The quantitative estimate of drug-likeness (QED) is 0.485. The number of anilines is 1. The third-order valence-electron chi connectivity index (χ3n) is 1.45. The second-order valence-corrected chi connectivity index (χ2v) is 2.56. The molecule has 0 atom stereocenters. The van der Waals surface area contributed by atoms with Gasteiger partial charge in [0.25, 0.3) is 0 Å². The highest BCUT2D eigenvalue weighted by Gasteiger charge is 1.96. The maximum absolute atomic E-state index is 3.80. The van der Waals surface area contributed by atoms with Gasteiger partial charge in [-0.05, 0) is 0 Å². The Kier molecular flexibility index (Phi) is 3.83. The zero-order chi connectivity index (χ0) is 7.56. The Labute approximate surface area is 74.4 Å². The second kappa shape index (κ2) is 4.14. The maximum Gasteiger partial charge on any atom is 0.126 e. The van der Waals surface area contributed by atoms with Crippen LogP contribution in [0.2, 0.25) is 0 Å². The van der Waals surface area contributed by atoms with E-state index in [9.17, 15) is 0 Å². The van der Waals surface area contributed by atoms with Crippen molar-refractivity contribution in [1.29, 1.82) is 0 Å². The first-order chi connectivity index (χ1) is 4.70. The summed E-state index contributed by atoms with van der Waals surface area (Å²) in [6.45, 7) is 3.80. The molecule has 0 radical (unpaired) electrons. The van der Waals surface area contributed by atoms with Crippen molar-refractivity contribution >= 4 is 5.69 Å². The van der Waals surface area contributed by atoms with Crippen molar-refractivity contribution in [1.82, 2.24) is 0 Å². The minimum absolute atomic E-state index is 0. The Morgan fingerprint density at radius 2 is 1.55 bits per heavy atom. The van der Waals surface area contributed by atoms with Crippen molar-refractivity contribution in [3.05, 3.63) is 36.8 Å². The molecule has 0 saturated heterocycles. The molecule has 1 nitrogen and oxygen atoms in total. The molecule has 1 rings (SSSR count). The molecule has 0 fully saturated rings. The van der Waals surface area contributed by atoms with E-state index in [1.165, 1.54) is 5.69 Å². The van der Waals surface area contributed by atoms with Crippen LogP contribution in [0.25, 0.3) is 0 Å². The van der Waals surface area contributed by atoms with Gasteiger partial charge in [-0.3, -0.25) is 0 Å². The number of benzene rings is 1. The first kappa shape index (κ1) is 10.2. The summed E-state index contributed by atoms with van der Waals surface area (Å²) in [5.41, 5.74) is 2.28. The fraction of sp³-hybridized carbons (Fsp3) is 0.222. The summed E-state index contributed by atoms with van der Waals surface area (Å²) < 4.78 is 0. The SMILES string of the molecule is [CH2+]c1ccc(N(C)C)cc1.[Cl-]. The number of hydrogen-bond donors (Lipinski definition) is 0. The molecule has 0 bridgehead atoms. The lowest BCUT2D eigenvalue weighted by Crippen LogP contribution is -3.00. The van der Waals surface area contributed by atoms with E-state index in [-0.39, 0.29) is 12.4 Å². The minimum Gasteiger partial charge on any atom is -1.00 e. The number of hydrogen-bond acceptors (Lipinski definition) is 1. The van der Waals surface area contributed by atoms with Crippen LogP contribution in [0, 0.1) is 6.92 Å². The van der Waals surface area contributed by atoms with Gasteiger partial charge in [0.15, 0.2) is 0 Å². The molecule has 0 amide bonds. The van der Waals surface area contributed by atoms with Crippen molar-refractivity contribution in [2.24, 2.45) is 0 Å². The first-order valence-corrected chi connectivity index (χ1v) is 3.29. The zero-order valence-corrected chi connectivity index (χ0v) is 7.60. The molecule has 0 heterocycles. The number of halogens is 1. The van der Waals surface area contributed by atoms with Gasteiger partial charge < -0.3 is 17.3 Å². The third-order valence-corrected chi connectivity index (χ3v) is 1.45. The van der Waals surface area contributed by atoms with Crippen molar-refractivity contribution in [3.63, 3.8) is 0 Å². The Balaban J connectivity index is 0.000001000. The maximum atomic E-state index is 3.80. The van der Waals surface area contributed by atoms with Gasteiger partial charge in [-0.15, -0.1) is 0 Å². The van der Waals surface area contributed by atoms with Gasteiger partial charge in [-0.1, -0.05) is 0 Å². The van der Waals surface area contributed by atoms with E-state index in [4.69, 9.17) is 0 Å². The van der Waals surface area contributed by atoms with E-state index in [0.717, 1.165) is 5.56 Å². The predicted molar refractivity (Wildman–Crippen MR) is 45.2 cm³/mol. The van der Waals surface area contributed by atoms with E-state index in [1.807, 2.05) is 26.2 Å². The highest BCUT2D eigenvalue weighted by atomic mass is 35.5. The Bertz CT molecular complexity index is 203. The highest BCUT2D eigenvalue weighted by Crippen LogP contribution is 2.10. The van der Waals surface area contributed by atoms with Crippen LogP contribution >= 0.6 is 0 Å². The predicted octanol–water partition coefficient (Wildman–Crippen LogP) is -1.06. The zero-order valence-electron chi connectivity index (χ0n) is 6.84. The lowest BCUT2D eigenvalue weighted by Gasteiger charge is -2.09. The molecule has 0 aliphatic carbocycles. The Morgan fingerprint density at radius 3 is 1.91 bits per heavy atom. The molecule has 0 spiro atoms. The molecule has 0 aliphatic heterocycles. The molecule has 0 unspecified atom stereocenters. The normalized spacial score (nSPS) is 8.55. The van der Waals surface area contributed by atoms with Gasteiger partial charge in [0.05, 0.1) is 5.69 Å². The van der Waals surface area contributed by atoms with E-state index in [1.54, 1.807) is 0 Å². The topological polar surface area (TPSA) is 3.24 Å². The van der Waals surface area contributed by atoms with Crippen molar-refractivity contribution in [2.45, 2.75) is 0 Å². The summed E-state index contributed by atoms with van der Waals surface area (Å²) >= 11 is 0. The van der Waals surface area contributed by atoms with Crippen molar-refractivity contribution in [2.75, 3.05) is 19.0 Å². The summed E-state index contributed by atoms with van der Waals surface area (Å²) in [6.07, 6.45) is 0. The monoisotopic (exact) mass is 169 g/mol. The van der Waals surface area contributed by atoms with Gasteiger partial charge in [-0.25, -0.2) is 0 Å². The van der Waals surface area contributed by atoms with Gasteiger partial charge in [0.1, 0.15) is 5.56 Å². The van der Waals surface area contributed by atoms with Gasteiger partial charge in [-0.2, -0.15) is 0 Å². The molecule has 2 heteroatoms. The standard InChI is InChI=1S/C9H12N.ClH/c1-8-4-6-9(7-5-8)10(2)3;/h4-7H,1H2,2-3H3;1H/q+1;/p-1. The molecule has 0 saturated carbocycles. The smallest absolute Gasteiger partial charge is 0.126 e. The molecular weight excluding hydrogens is 158 g/mol. The van der Waals surface area contributed by atoms with E-state index in [0.29, 0.717) is 0 Å². The van der Waals surface area contributed by atoms with E-state index in [2.05, 4.69) is 24.0 Å². The fourth-order valence-electron chi connectivity index (χ4n) is 0.794. The van der Waals surface area contributed by atoms with Gasteiger partial charge >= 0.3 is 0 Å². The summed E-state index contributed by atoms with van der Waals surface area (Å²) in [7, 11) is 4.05. The summed E-state index contributed by atoms with van der Waals surface area (Å²) in [6, 6.07) is 8.13. The molecule has 60 valence electrons. The lowest BCUT2D eigenvalue weighted by molar-refractivity contribution is -0.00000213. The average Bonchev–Trinajstić information content (AvgIpc) is 1.88. The first-order valence-electron chi connectivity index (χ1n) is 3.29. The van der Waals surface area contributed by atoms with Gasteiger partial charge in [0, 0.05) is 45.3 Å². The summed E-state index contributed by atoms with van der Waals surface area (Å²) in [5.74, 6) is 0. The van der Waals surface area contributed by atoms with Crippen LogP contribution in [-0.2, 0) is 0 Å². The summed E-state index contributed by atoms with van der Waals surface area (Å²) in [5, 5.41) is 0. The molecule has 0 N–H and O–H groups in total. The average molecular weight is 170 g/mol. The van der Waals surface area contributed by atoms with Crippen LogP contribution < -0.4 is 17.3 Å². The number of nitrogens with zero attached hydrogens (tertiary/aromatic N) is 1. The molecular formula is C9H12ClN. The van der Waals surface area contributed by atoms with Crippen LogP contribution in [0.3, 0.4) is 0 Å². The Hall–Kier alpha value is -0.820. The molecule has 0 aromatic heterocycles. The number of rotatable bonds is 1. The van der Waals surface area contributed by atoms with E-state index < -0.39 is 0 Å². The van der Waals surface area contributed by atoms with E-state index >= 15 is 0 Å². The highest BCUT2D eigenvalue weighted by molar-refractivity contribution is 5.46. The van der Waals surface area contributed by atoms with Gasteiger partial charge in [0.2, 0.25) is 0 Å². The molecule has 1 aromatic carbocycles. The van der Waals surface area contributed by atoms with Crippen molar-refractivity contribution < 1.29 is 12.4 Å².